The molecule has 1 aromatic carbocycles. The molecule has 4 heteroatoms. The Morgan fingerprint density at radius 1 is 1.21 bits per heavy atom. The van der Waals surface area contributed by atoms with E-state index in [1.54, 1.807) is 11.3 Å². The molecule has 0 fully saturated rings. The molecule has 1 heterocycles. The van der Waals surface area contributed by atoms with Gasteiger partial charge in [-0.05, 0) is 38.5 Å². The topological polar surface area (TPSA) is 48.1 Å². The van der Waals surface area contributed by atoms with E-state index in [-0.39, 0.29) is 12.1 Å². The van der Waals surface area contributed by atoms with Gasteiger partial charge in [-0.3, -0.25) is 0 Å². The van der Waals surface area contributed by atoms with Crippen molar-refractivity contribution >= 4 is 11.3 Å². The fraction of sp³-hybridized carbons (Fsp3) is 0.400. The lowest BCUT2D eigenvalue weighted by atomic mass is 10.1. The van der Waals surface area contributed by atoms with E-state index in [0.29, 0.717) is 0 Å². The van der Waals surface area contributed by atoms with Crippen LogP contribution in [0.5, 0.6) is 5.75 Å². The minimum Gasteiger partial charge on any atom is -0.491 e. The minimum absolute atomic E-state index is 0.00631. The van der Waals surface area contributed by atoms with Gasteiger partial charge in [0.25, 0.3) is 0 Å². The van der Waals surface area contributed by atoms with Crippen molar-refractivity contribution < 1.29 is 4.74 Å². The SMILES string of the molecule is CC(C)Oc1ccc(Cc2nc(C(C)N)cs2)cc1. The number of thiazole rings is 1. The molecule has 2 rings (SSSR count). The Morgan fingerprint density at radius 2 is 1.89 bits per heavy atom. The number of hydrogen-bond acceptors (Lipinski definition) is 4. The molecule has 0 bridgehead atoms. The van der Waals surface area contributed by atoms with Gasteiger partial charge in [0.05, 0.1) is 16.8 Å². The summed E-state index contributed by atoms with van der Waals surface area (Å²) in [6.07, 6.45) is 1.05. The van der Waals surface area contributed by atoms with Gasteiger partial charge in [0.15, 0.2) is 0 Å². The van der Waals surface area contributed by atoms with Crippen LogP contribution in [0.2, 0.25) is 0 Å². The van der Waals surface area contributed by atoms with Crippen molar-refractivity contribution in [3.8, 4) is 5.75 Å². The molecule has 1 atom stereocenters. The van der Waals surface area contributed by atoms with Gasteiger partial charge >= 0.3 is 0 Å². The lowest BCUT2D eigenvalue weighted by Crippen LogP contribution is -2.05. The molecule has 0 amide bonds. The summed E-state index contributed by atoms with van der Waals surface area (Å²) in [5.41, 5.74) is 8.02. The highest BCUT2D eigenvalue weighted by molar-refractivity contribution is 7.09. The Labute approximate surface area is 118 Å². The van der Waals surface area contributed by atoms with Crippen LogP contribution in [-0.2, 0) is 6.42 Å². The predicted molar refractivity (Wildman–Crippen MR) is 79.7 cm³/mol. The average molecular weight is 276 g/mol. The zero-order valence-electron chi connectivity index (χ0n) is 11.6. The Hall–Kier alpha value is -1.39. The third kappa shape index (κ3) is 4.04. The molecule has 2 aromatic rings. The maximum absolute atomic E-state index is 5.81. The number of ether oxygens (including phenoxy) is 1. The molecule has 0 aliphatic carbocycles. The van der Waals surface area contributed by atoms with E-state index < -0.39 is 0 Å². The second kappa shape index (κ2) is 6.17. The second-order valence-electron chi connectivity index (χ2n) is 4.94. The zero-order valence-corrected chi connectivity index (χ0v) is 12.4. The number of nitrogens with two attached hydrogens (primary N) is 1. The molecule has 0 saturated carbocycles. The van der Waals surface area contributed by atoms with Crippen LogP contribution in [0, 0.1) is 0 Å². The molecular weight excluding hydrogens is 256 g/mol. The summed E-state index contributed by atoms with van der Waals surface area (Å²) in [4.78, 5) is 4.54. The molecule has 3 nitrogen and oxygen atoms in total. The van der Waals surface area contributed by atoms with Crippen LogP contribution in [0.15, 0.2) is 29.6 Å². The van der Waals surface area contributed by atoms with Gasteiger partial charge in [0.1, 0.15) is 5.75 Å². The lowest BCUT2D eigenvalue weighted by Gasteiger charge is -2.09. The van der Waals surface area contributed by atoms with Crippen molar-refractivity contribution in [1.29, 1.82) is 0 Å². The Bertz CT molecular complexity index is 517. The third-order valence-corrected chi connectivity index (χ3v) is 3.55. The van der Waals surface area contributed by atoms with E-state index in [4.69, 9.17) is 10.5 Å². The summed E-state index contributed by atoms with van der Waals surface area (Å²) in [5.74, 6) is 0.911. The van der Waals surface area contributed by atoms with Gasteiger partial charge in [0.2, 0.25) is 0 Å². The standard InChI is InChI=1S/C15H20N2OS/c1-10(2)18-13-6-4-12(5-7-13)8-15-17-14(9-19-15)11(3)16/h4-7,9-11H,8,16H2,1-3H3. The van der Waals surface area contributed by atoms with Crippen LogP contribution in [0.4, 0.5) is 0 Å². The van der Waals surface area contributed by atoms with E-state index in [1.807, 2.05) is 38.3 Å². The van der Waals surface area contributed by atoms with Crippen molar-refractivity contribution in [1.82, 2.24) is 4.98 Å². The number of rotatable bonds is 5. The molecule has 0 saturated heterocycles. The molecule has 0 aliphatic heterocycles. The van der Waals surface area contributed by atoms with Crippen LogP contribution < -0.4 is 10.5 Å². The summed E-state index contributed by atoms with van der Waals surface area (Å²) < 4.78 is 5.63. The Balaban J connectivity index is 2.02. The third-order valence-electron chi connectivity index (χ3n) is 2.69. The van der Waals surface area contributed by atoms with Gasteiger partial charge < -0.3 is 10.5 Å². The van der Waals surface area contributed by atoms with E-state index >= 15 is 0 Å². The minimum atomic E-state index is 0.00631. The van der Waals surface area contributed by atoms with Crippen molar-refractivity contribution in [2.75, 3.05) is 0 Å². The number of hydrogen-bond donors (Lipinski definition) is 1. The van der Waals surface area contributed by atoms with Gasteiger partial charge in [-0.25, -0.2) is 4.98 Å². The predicted octanol–water partition coefficient (Wildman–Crippen LogP) is 3.54. The molecule has 0 spiro atoms. The number of nitrogens with zero attached hydrogens (tertiary/aromatic N) is 1. The summed E-state index contributed by atoms with van der Waals surface area (Å²) in [5, 5.41) is 3.14. The van der Waals surface area contributed by atoms with E-state index in [1.165, 1.54) is 5.56 Å². The van der Waals surface area contributed by atoms with Crippen molar-refractivity contribution in [3.63, 3.8) is 0 Å². The molecule has 2 N–H and O–H groups in total. The quantitative estimate of drug-likeness (QED) is 0.908. The first kappa shape index (κ1) is 14.0. The molecule has 0 radical (unpaired) electrons. The summed E-state index contributed by atoms with van der Waals surface area (Å²) in [6.45, 7) is 6.01. The summed E-state index contributed by atoms with van der Waals surface area (Å²) in [7, 11) is 0. The average Bonchev–Trinajstić information content (AvgIpc) is 2.80. The van der Waals surface area contributed by atoms with Crippen molar-refractivity contribution in [2.45, 2.75) is 39.3 Å². The maximum atomic E-state index is 5.81. The molecule has 102 valence electrons. The normalized spacial score (nSPS) is 12.7. The highest BCUT2D eigenvalue weighted by atomic mass is 32.1. The largest absolute Gasteiger partial charge is 0.491 e. The van der Waals surface area contributed by atoms with Crippen LogP contribution in [0.1, 0.15) is 43.1 Å². The van der Waals surface area contributed by atoms with E-state index in [0.717, 1.165) is 22.9 Å². The Kier molecular flexibility index (Phi) is 4.56. The van der Waals surface area contributed by atoms with Gasteiger partial charge in [-0.15, -0.1) is 11.3 Å². The second-order valence-corrected chi connectivity index (χ2v) is 5.88. The molecule has 1 unspecified atom stereocenters. The van der Waals surface area contributed by atoms with Gasteiger partial charge in [-0.2, -0.15) is 0 Å². The van der Waals surface area contributed by atoms with Crippen LogP contribution in [-0.4, -0.2) is 11.1 Å². The first-order valence-electron chi connectivity index (χ1n) is 6.50. The zero-order chi connectivity index (χ0) is 13.8. The highest BCUT2D eigenvalue weighted by Crippen LogP contribution is 2.20. The fourth-order valence-electron chi connectivity index (χ4n) is 1.75. The van der Waals surface area contributed by atoms with Crippen LogP contribution in [0.3, 0.4) is 0 Å². The first-order valence-corrected chi connectivity index (χ1v) is 7.38. The van der Waals surface area contributed by atoms with Crippen LogP contribution >= 0.6 is 11.3 Å². The van der Waals surface area contributed by atoms with E-state index in [2.05, 4.69) is 17.1 Å². The number of benzene rings is 1. The van der Waals surface area contributed by atoms with Crippen molar-refractivity contribution in [2.24, 2.45) is 5.73 Å². The fourth-order valence-corrected chi connectivity index (χ4v) is 2.68. The summed E-state index contributed by atoms with van der Waals surface area (Å²) in [6, 6.07) is 8.20. The van der Waals surface area contributed by atoms with Gasteiger partial charge in [0, 0.05) is 17.8 Å². The molecule has 1 aromatic heterocycles. The van der Waals surface area contributed by atoms with Crippen molar-refractivity contribution in [3.05, 3.63) is 45.9 Å². The monoisotopic (exact) mass is 276 g/mol. The Morgan fingerprint density at radius 3 is 2.42 bits per heavy atom. The van der Waals surface area contributed by atoms with E-state index in [9.17, 15) is 0 Å². The smallest absolute Gasteiger partial charge is 0.119 e. The molecular formula is C15H20N2OS. The molecule has 19 heavy (non-hydrogen) atoms. The highest BCUT2D eigenvalue weighted by Gasteiger charge is 2.06. The van der Waals surface area contributed by atoms with Gasteiger partial charge in [-0.1, -0.05) is 12.1 Å². The number of aromatic nitrogens is 1. The first-order chi connectivity index (χ1) is 9.04. The maximum Gasteiger partial charge on any atom is 0.119 e. The summed E-state index contributed by atoms with van der Waals surface area (Å²) >= 11 is 1.67. The van der Waals surface area contributed by atoms with Crippen LogP contribution in [0.25, 0.3) is 0 Å². The molecule has 0 aliphatic rings. The lowest BCUT2D eigenvalue weighted by molar-refractivity contribution is 0.242.